The Bertz CT molecular complexity index is 288. The zero-order valence-corrected chi connectivity index (χ0v) is 9.15. The third-order valence-corrected chi connectivity index (χ3v) is 2.50. The number of amides is 2. The molecule has 0 bridgehead atoms. The molecule has 0 radical (unpaired) electrons. The lowest BCUT2D eigenvalue weighted by Gasteiger charge is -2.19. The van der Waals surface area contributed by atoms with Crippen LogP contribution in [0.3, 0.4) is 0 Å². The van der Waals surface area contributed by atoms with Crippen LogP contribution in [0.1, 0.15) is 19.8 Å². The van der Waals surface area contributed by atoms with Gasteiger partial charge in [0.2, 0.25) is 11.8 Å². The van der Waals surface area contributed by atoms with Crippen LogP contribution in [-0.2, 0) is 14.4 Å². The monoisotopic (exact) mass is 212 g/mol. The van der Waals surface area contributed by atoms with Gasteiger partial charge in [0.25, 0.3) is 0 Å². The normalized spacial score (nSPS) is 18.0. The van der Waals surface area contributed by atoms with Crippen LogP contribution in [0.5, 0.6) is 0 Å². The number of Topliss-reactive ketones (excluding diaryl/α,β-unsaturated/α-hetero) is 1. The Morgan fingerprint density at radius 2 is 2.00 bits per heavy atom. The lowest BCUT2D eigenvalue weighted by Crippen LogP contribution is -2.37. The van der Waals surface area contributed by atoms with Gasteiger partial charge in [0.15, 0.2) is 0 Å². The van der Waals surface area contributed by atoms with E-state index in [0.717, 1.165) is 0 Å². The number of carbonyl (C=O) groups excluding carboxylic acids is 3. The van der Waals surface area contributed by atoms with Gasteiger partial charge < -0.3 is 9.80 Å². The van der Waals surface area contributed by atoms with Crippen LogP contribution < -0.4 is 0 Å². The van der Waals surface area contributed by atoms with Crippen molar-refractivity contribution in [2.24, 2.45) is 0 Å². The van der Waals surface area contributed by atoms with Crippen molar-refractivity contribution in [3.05, 3.63) is 0 Å². The third kappa shape index (κ3) is 3.34. The highest BCUT2D eigenvalue weighted by Gasteiger charge is 2.23. The van der Waals surface area contributed by atoms with Gasteiger partial charge in [-0.3, -0.25) is 14.4 Å². The maximum absolute atomic E-state index is 11.6. The fourth-order valence-electron chi connectivity index (χ4n) is 1.41. The number of hydrogen-bond donors (Lipinski definition) is 0. The molecule has 0 unspecified atom stereocenters. The van der Waals surface area contributed by atoms with E-state index in [4.69, 9.17) is 0 Å². The van der Waals surface area contributed by atoms with E-state index >= 15 is 0 Å². The first-order valence-electron chi connectivity index (χ1n) is 5.02. The number of hydrogen-bond acceptors (Lipinski definition) is 3. The standard InChI is InChI=1S/C10H16N2O3/c1-8(13)3-6-12-7-10(15)11(2)5-4-9(12)14/h3-7H2,1-2H3. The average Bonchev–Trinajstić information content (AvgIpc) is 2.29. The Kier molecular flexibility index (Phi) is 3.82. The fraction of sp³-hybridized carbons (Fsp3) is 0.700. The van der Waals surface area contributed by atoms with Gasteiger partial charge in [0.05, 0.1) is 6.54 Å². The molecule has 1 saturated heterocycles. The smallest absolute Gasteiger partial charge is 0.241 e. The second kappa shape index (κ2) is 4.91. The van der Waals surface area contributed by atoms with Crippen molar-refractivity contribution in [3.8, 4) is 0 Å². The first-order valence-corrected chi connectivity index (χ1v) is 5.02. The molecule has 0 N–H and O–H groups in total. The second-order valence-corrected chi connectivity index (χ2v) is 3.83. The molecule has 1 heterocycles. The SMILES string of the molecule is CC(=O)CCN1CC(=O)N(C)CCC1=O. The van der Waals surface area contributed by atoms with E-state index in [1.54, 1.807) is 11.9 Å². The molecule has 1 fully saturated rings. The summed E-state index contributed by atoms with van der Waals surface area (Å²) in [7, 11) is 1.68. The van der Waals surface area contributed by atoms with Gasteiger partial charge in [-0.25, -0.2) is 0 Å². The van der Waals surface area contributed by atoms with Crippen LogP contribution in [0.4, 0.5) is 0 Å². The van der Waals surface area contributed by atoms with Crippen LogP contribution in [-0.4, -0.2) is 54.1 Å². The van der Waals surface area contributed by atoms with E-state index in [2.05, 4.69) is 0 Å². The highest BCUT2D eigenvalue weighted by molar-refractivity contribution is 5.87. The maximum Gasteiger partial charge on any atom is 0.241 e. The Balaban J connectivity index is 2.57. The van der Waals surface area contributed by atoms with Crippen molar-refractivity contribution in [2.75, 3.05) is 26.7 Å². The maximum atomic E-state index is 11.6. The first-order chi connectivity index (χ1) is 7.00. The van der Waals surface area contributed by atoms with Gasteiger partial charge in [0.1, 0.15) is 5.78 Å². The molecule has 0 aromatic rings. The first kappa shape index (κ1) is 11.7. The largest absolute Gasteiger partial charge is 0.344 e. The Morgan fingerprint density at radius 3 is 2.60 bits per heavy atom. The quantitative estimate of drug-likeness (QED) is 0.643. The topological polar surface area (TPSA) is 57.7 Å². The molecule has 2 amide bonds. The molecular weight excluding hydrogens is 196 g/mol. The molecule has 84 valence electrons. The van der Waals surface area contributed by atoms with Crippen LogP contribution in [0.15, 0.2) is 0 Å². The minimum absolute atomic E-state index is 0.0350. The van der Waals surface area contributed by atoms with Gasteiger partial charge in [-0.1, -0.05) is 0 Å². The average molecular weight is 212 g/mol. The molecule has 1 rings (SSSR count). The third-order valence-electron chi connectivity index (χ3n) is 2.50. The van der Waals surface area contributed by atoms with E-state index in [9.17, 15) is 14.4 Å². The molecule has 0 aliphatic carbocycles. The molecular formula is C10H16N2O3. The number of ketones is 1. The lowest BCUT2D eigenvalue weighted by atomic mass is 10.3. The minimum Gasteiger partial charge on any atom is -0.344 e. The zero-order valence-electron chi connectivity index (χ0n) is 9.15. The Morgan fingerprint density at radius 1 is 1.33 bits per heavy atom. The lowest BCUT2D eigenvalue weighted by molar-refractivity contribution is -0.136. The van der Waals surface area contributed by atoms with Crippen molar-refractivity contribution in [3.63, 3.8) is 0 Å². The van der Waals surface area contributed by atoms with E-state index in [-0.39, 0.29) is 24.1 Å². The van der Waals surface area contributed by atoms with Crippen LogP contribution in [0, 0.1) is 0 Å². The van der Waals surface area contributed by atoms with E-state index in [1.165, 1.54) is 11.8 Å². The Hall–Kier alpha value is -1.39. The molecule has 0 saturated carbocycles. The van der Waals surface area contributed by atoms with E-state index in [1.807, 2.05) is 0 Å². The molecule has 0 aromatic carbocycles. The molecule has 5 nitrogen and oxygen atoms in total. The highest BCUT2D eigenvalue weighted by Crippen LogP contribution is 2.05. The molecule has 1 aliphatic rings. The van der Waals surface area contributed by atoms with Crippen molar-refractivity contribution in [2.45, 2.75) is 19.8 Å². The van der Waals surface area contributed by atoms with E-state index in [0.29, 0.717) is 25.9 Å². The summed E-state index contributed by atoms with van der Waals surface area (Å²) in [6, 6.07) is 0. The predicted octanol–water partition coefficient (Wildman–Crippen LogP) is -0.344. The molecule has 15 heavy (non-hydrogen) atoms. The summed E-state index contributed by atoms with van der Waals surface area (Å²) >= 11 is 0. The fourth-order valence-corrected chi connectivity index (χ4v) is 1.41. The van der Waals surface area contributed by atoms with Crippen LogP contribution >= 0.6 is 0 Å². The molecule has 1 aliphatic heterocycles. The molecule has 0 spiro atoms. The number of rotatable bonds is 3. The number of nitrogens with zero attached hydrogens (tertiary/aromatic N) is 2. The van der Waals surface area contributed by atoms with Gasteiger partial charge in [-0.15, -0.1) is 0 Å². The van der Waals surface area contributed by atoms with Gasteiger partial charge >= 0.3 is 0 Å². The molecule has 5 heteroatoms. The second-order valence-electron chi connectivity index (χ2n) is 3.83. The summed E-state index contributed by atoms with van der Waals surface area (Å²) < 4.78 is 0. The van der Waals surface area contributed by atoms with Gasteiger partial charge in [-0.05, 0) is 6.92 Å². The summed E-state index contributed by atoms with van der Waals surface area (Å²) in [5.74, 6) is -0.0776. The van der Waals surface area contributed by atoms with Gasteiger partial charge in [-0.2, -0.15) is 0 Å². The highest BCUT2D eigenvalue weighted by atomic mass is 16.2. The summed E-state index contributed by atoms with van der Waals surface area (Å²) in [6.45, 7) is 2.40. The minimum atomic E-state index is -0.0654. The van der Waals surface area contributed by atoms with E-state index < -0.39 is 0 Å². The Labute approximate surface area is 89.0 Å². The number of likely N-dealkylation sites (N-methyl/N-ethyl adjacent to an activating group) is 1. The van der Waals surface area contributed by atoms with Crippen molar-refractivity contribution in [1.29, 1.82) is 0 Å². The predicted molar refractivity (Wildman–Crippen MR) is 54.1 cm³/mol. The van der Waals surface area contributed by atoms with Crippen molar-refractivity contribution < 1.29 is 14.4 Å². The van der Waals surface area contributed by atoms with Crippen molar-refractivity contribution >= 4 is 17.6 Å². The van der Waals surface area contributed by atoms with Crippen molar-refractivity contribution in [1.82, 2.24) is 9.80 Å². The number of carbonyl (C=O) groups is 3. The molecule has 0 atom stereocenters. The van der Waals surface area contributed by atoms with Gasteiger partial charge in [0, 0.05) is 33.0 Å². The summed E-state index contributed by atoms with van der Waals surface area (Å²) in [6.07, 6.45) is 0.670. The summed E-state index contributed by atoms with van der Waals surface area (Å²) in [5.41, 5.74) is 0. The summed E-state index contributed by atoms with van der Waals surface area (Å²) in [4.78, 5) is 36.8. The molecule has 0 aromatic heterocycles. The van der Waals surface area contributed by atoms with Crippen LogP contribution in [0.25, 0.3) is 0 Å². The zero-order chi connectivity index (χ0) is 11.4. The summed E-state index contributed by atoms with van der Waals surface area (Å²) in [5, 5.41) is 0. The van der Waals surface area contributed by atoms with Crippen LogP contribution in [0.2, 0.25) is 0 Å².